The van der Waals surface area contributed by atoms with Crippen molar-refractivity contribution in [1.82, 2.24) is 4.90 Å². The molecule has 186 valence electrons. The number of likely N-dealkylation sites (tertiary alicyclic amines) is 1. The molecule has 4 aliphatic heterocycles. The Hall–Kier alpha value is -1.28. The molecule has 4 saturated heterocycles. The lowest BCUT2D eigenvalue weighted by atomic mass is 9.82. The zero-order valence-corrected chi connectivity index (χ0v) is 22.5. The summed E-state index contributed by atoms with van der Waals surface area (Å²) in [4.78, 5) is 17.2. The van der Waals surface area contributed by atoms with Gasteiger partial charge in [-0.2, -0.15) is 0 Å². The Morgan fingerprint density at radius 1 is 1.15 bits per heavy atom. The first-order valence-electron chi connectivity index (χ1n) is 12.6. The maximum absolute atomic E-state index is 14.2. The van der Waals surface area contributed by atoms with Crippen molar-refractivity contribution in [2.45, 2.75) is 57.1 Å². The van der Waals surface area contributed by atoms with Crippen LogP contribution in [0.2, 0.25) is 0 Å². The predicted molar refractivity (Wildman–Crippen MR) is 130 cm³/mol. The summed E-state index contributed by atoms with van der Waals surface area (Å²) < 4.78 is 21.5. The van der Waals surface area contributed by atoms with Crippen LogP contribution in [-0.4, -0.2) is 60.7 Å². The van der Waals surface area contributed by atoms with Crippen molar-refractivity contribution in [2.24, 2.45) is 5.92 Å². The highest BCUT2D eigenvalue weighted by Gasteiger charge is 2.51. The Morgan fingerprint density at radius 3 is 2.56 bits per heavy atom. The van der Waals surface area contributed by atoms with Crippen LogP contribution in [0.4, 0.5) is 4.39 Å². The summed E-state index contributed by atoms with van der Waals surface area (Å²) >= 11 is 1.65. The van der Waals surface area contributed by atoms with E-state index in [-0.39, 0.29) is 34.9 Å². The van der Waals surface area contributed by atoms with Gasteiger partial charge < -0.3 is 26.2 Å². The number of nitrogens with zero attached hydrogens (tertiary/aromatic N) is 2. The summed E-state index contributed by atoms with van der Waals surface area (Å²) in [5.74, 6) is 0.257. The van der Waals surface area contributed by atoms with E-state index in [0.717, 1.165) is 86.3 Å². The average molecular weight is 552 g/mol. The Morgan fingerprint density at radius 2 is 1.88 bits per heavy atom. The number of piperidine rings is 4. The van der Waals surface area contributed by atoms with E-state index in [9.17, 15) is 9.18 Å². The van der Waals surface area contributed by atoms with Crippen LogP contribution >= 0.6 is 11.3 Å². The standard InChI is InChI=1S/C27H36FN2O2S.BrH/c1-27(25-10-7-19-33-25,29-14-5-2-6-15-29)26(31)32-24-20-30(17-12-22(24)13-18-30)16-11-21-8-3-4-9-23(21)28;/h3-4,7-10,19,22,24H,2,5-6,11-18,20H2,1H3;1H/q+1;/p-1/t22?,24-,27?,30?;/m0./s1. The topological polar surface area (TPSA) is 29.5 Å². The second-order valence-electron chi connectivity index (χ2n) is 10.4. The van der Waals surface area contributed by atoms with Crippen molar-refractivity contribution in [3.63, 3.8) is 0 Å². The normalized spacial score (nSPS) is 28.6. The minimum absolute atomic E-state index is 0. The van der Waals surface area contributed by atoms with Gasteiger partial charge in [0.2, 0.25) is 0 Å². The van der Waals surface area contributed by atoms with Crippen LogP contribution in [0.25, 0.3) is 0 Å². The molecule has 2 bridgehead atoms. The van der Waals surface area contributed by atoms with Crippen LogP contribution in [0.1, 0.15) is 49.5 Å². The SMILES string of the molecule is CC(C(=O)O[C@H]1C[N+]2(CCc3ccccc3F)CCC1CC2)(c1cccs1)N1CCCCC1.[Br-]. The molecule has 0 spiro atoms. The Balaban J connectivity index is 0.00000274. The zero-order valence-electron chi connectivity index (χ0n) is 20.1. The van der Waals surface area contributed by atoms with Crippen LogP contribution in [-0.2, 0) is 21.5 Å². The van der Waals surface area contributed by atoms with E-state index in [2.05, 4.69) is 23.3 Å². The molecule has 0 amide bonds. The van der Waals surface area contributed by atoms with E-state index in [1.54, 1.807) is 23.5 Å². The summed E-state index contributed by atoms with van der Waals surface area (Å²) in [6.45, 7) is 7.96. The van der Waals surface area contributed by atoms with Gasteiger partial charge in [0, 0.05) is 30.1 Å². The molecule has 2 atom stereocenters. The minimum Gasteiger partial charge on any atom is -1.00 e. The van der Waals surface area contributed by atoms with E-state index in [1.165, 1.54) is 6.42 Å². The van der Waals surface area contributed by atoms with Gasteiger partial charge in [0.25, 0.3) is 0 Å². The molecule has 4 nitrogen and oxygen atoms in total. The molecule has 5 heterocycles. The first-order chi connectivity index (χ1) is 16.0. The summed E-state index contributed by atoms with van der Waals surface area (Å²) in [7, 11) is 0. The molecule has 1 aromatic carbocycles. The average Bonchev–Trinajstić information content (AvgIpc) is 3.40. The number of rotatable bonds is 7. The number of carbonyl (C=O) groups is 1. The number of thiophene rings is 1. The first kappa shape index (κ1) is 25.8. The first-order valence-corrected chi connectivity index (χ1v) is 13.5. The molecule has 0 aliphatic carbocycles. The zero-order chi connectivity index (χ0) is 22.9. The number of fused-ring (bicyclic) bond motifs is 3. The third-order valence-electron chi connectivity index (χ3n) is 8.50. The van der Waals surface area contributed by atoms with E-state index < -0.39 is 5.54 Å². The molecule has 1 unspecified atom stereocenters. The number of hydrogen-bond acceptors (Lipinski definition) is 4. The molecular weight excluding hydrogens is 515 g/mol. The molecule has 4 aliphatic rings. The maximum Gasteiger partial charge on any atom is 0.332 e. The number of ether oxygens (including phenoxy) is 1. The number of halogens is 2. The van der Waals surface area contributed by atoms with Gasteiger partial charge in [-0.25, -0.2) is 9.18 Å². The van der Waals surface area contributed by atoms with Gasteiger partial charge >= 0.3 is 5.97 Å². The van der Waals surface area contributed by atoms with Gasteiger partial charge in [0.1, 0.15) is 12.4 Å². The van der Waals surface area contributed by atoms with Crippen LogP contribution in [0.3, 0.4) is 0 Å². The lowest BCUT2D eigenvalue weighted by molar-refractivity contribution is -0.946. The van der Waals surface area contributed by atoms with Gasteiger partial charge in [0.15, 0.2) is 11.6 Å². The fourth-order valence-electron chi connectivity index (χ4n) is 6.26. The summed E-state index contributed by atoms with van der Waals surface area (Å²) in [5, 5.41) is 2.06. The highest BCUT2D eigenvalue weighted by molar-refractivity contribution is 7.10. The van der Waals surface area contributed by atoms with Crippen molar-refractivity contribution in [3.8, 4) is 0 Å². The molecule has 0 saturated carbocycles. The van der Waals surface area contributed by atoms with Crippen LogP contribution in [0.5, 0.6) is 0 Å². The number of benzene rings is 1. The number of esters is 1. The quantitative estimate of drug-likeness (QED) is 0.390. The van der Waals surface area contributed by atoms with Crippen molar-refractivity contribution < 1.29 is 35.4 Å². The Kier molecular flexibility index (Phi) is 8.17. The van der Waals surface area contributed by atoms with E-state index in [1.807, 2.05) is 18.2 Å². The van der Waals surface area contributed by atoms with Gasteiger partial charge in [-0.15, -0.1) is 11.3 Å². The molecule has 6 rings (SSSR count). The van der Waals surface area contributed by atoms with Crippen LogP contribution in [0.15, 0.2) is 41.8 Å². The predicted octanol–water partition coefficient (Wildman–Crippen LogP) is 1.99. The van der Waals surface area contributed by atoms with Crippen molar-refractivity contribution in [3.05, 3.63) is 58.0 Å². The lowest BCUT2D eigenvalue weighted by Gasteiger charge is -2.52. The third kappa shape index (κ3) is 4.99. The summed E-state index contributed by atoms with van der Waals surface area (Å²) in [6, 6.07) is 11.2. The Labute approximate surface area is 217 Å². The number of hydrogen-bond donors (Lipinski definition) is 0. The molecular formula is C27H36BrFN2O2S. The van der Waals surface area contributed by atoms with Crippen molar-refractivity contribution in [2.75, 3.05) is 39.3 Å². The smallest absolute Gasteiger partial charge is 0.332 e. The molecule has 1 aromatic heterocycles. The molecule has 0 radical (unpaired) electrons. The van der Waals surface area contributed by atoms with Gasteiger partial charge in [-0.1, -0.05) is 30.7 Å². The van der Waals surface area contributed by atoms with Crippen LogP contribution in [0, 0.1) is 11.7 Å². The third-order valence-corrected chi connectivity index (χ3v) is 9.58. The second-order valence-corrected chi connectivity index (χ2v) is 11.4. The minimum atomic E-state index is -0.710. The van der Waals surface area contributed by atoms with E-state index in [4.69, 9.17) is 4.74 Å². The van der Waals surface area contributed by atoms with Crippen LogP contribution < -0.4 is 17.0 Å². The van der Waals surface area contributed by atoms with E-state index in [0.29, 0.717) is 5.92 Å². The summed E-state index contributed by atoms with van der Waals surface area (Å²) in [5.41, 5.74) is 0.0834. The molecule has 7 heteroatoms. The summed E-state index contributed by atoms with van der Waals surface area (Å²) in [6.07, 6.45) is 6.39. The highest BCUT2D eigenvalue weighted by atomic mass is 79.9. The lowest BCUT2D eigenvalue weighted by Crippen LogP contribution is -3.00. The van der Waals surface area contributed by atoms with Gasteiger partial charge in [-0.3, -0.25) is 4.90 Å². The van der Waals surface area contributed by atoms with Gasteiger partial charge in [0.05, 0.1) is 19.6 Å². The fourth-order valence-corrected chi connectivity index (χ4v) is 7.17. The van der Waals surface area contributed by atoms with E-state index >= 15 is 0 Å². The monoisotopic (exact) mass is 550 g/mol. The molecule has 4 fully saturated rings. The number of quaternary nitrogens is 1. The molecule has 34 heavy (non-hydrogen) atoms. The maximum atomic E-state index is 14.2. The largest absolute Gasteiger partial charge is 1.00 e. The fraction of sp³-hybridized carbons (Fsp3) is 0.593. The van der Waals surface area contributed by atoms with Crippen molar-refractivity contribution >= 4 is 17.3 Å². The highest BCUT2D eigenvalue weighted by Crippen LogP contribution is 2.40. The second kappa shape index (κ2) is 10.8. The van der Waals surface area contributed by atoms with Crippen molar-refractivity contribution in [1.29, 1.82) is 0 Å². The molecule has 0 N–H and O–H groups in total. The Bertz CT molecular complexity index is 957. The van der Waals surface area contributed by atoms with Gasteiger partial charge in [-0.05, 0) is 55.9 Å². The molecule has 2 aromatic rings. The number of carbonyl (C=O) groups excluding carboxylic acids is 1.